The van der Waals surface area contributed by atoms with Crippen LogP contribution in [0.4, 0.5) is 0 Å². The van der Waals surface area contributed by atoms with Gasteiger partial charge in [0.2, 0.25) is 0 Å². The minimum Gasteiger partial charge on any atom is -0.140 e. The molecule has 0 spiro atoms. The average molecular weight is 202 g/mol. The maximum atomic E-state index is 4.29. The lowest BCUT2D eigenvalue weighted by molar-refractivity contribution is 1.87. The Hall–Kier alpha value is 1.75. The lowest BCUT2D eigenvalue weighted by atomic mass is 11.8. The average Bonchev–Trinajstić information content (AvgIpc) is 1.65. The molecule has 1 rings (SSSR count). The highest BCUT2D eigenvalue weighted by Gasteiger charge is 2.24. The van der Waals surface area contributed by atoms with Gasteiger partial charge < -0.3 is 0 Å². The summed E-state index contributed by atoms with van der Waals surface area (Å²) in [5.74, 6) is 0. The molecule has 0 aromatic carbocycles. The van der Waals surface area contributed by atoms with Crippen molar-refractivity contribution >= 4 is 60.5 Å². The maximum Gasteiger partial charge on any atom is 0.149 e. The molecule has 48 valence electrons. The third-order valence-electron chi connectivity index (χ3n) is 0.661. The summed E-state index contributed by atoms with van der Waals surface area (Å²) in [6.07, 6.45) is 0. The second kappa shape index (κ2) is 3.23. The lowest BCUT2D eigenvalue weighted by Gasteiger charge is -2.24. The molecule has 0 bridgehead atoms. The summed E-state index contributed by atoms with van der Waals surface area (Å²) in [5.41, 5.74) is 0. The van der Waals surface area contributed by atoms with E-state index in [0.29, 0.717) is 0 Å². The number of hydrogen-bond donors (Lipinski definition) is 2. The molecule has 0 aliphatic carbocycles. The highest BCUT2D eigenvalue weighted by molar-refractivity contribution is 8.47. The first kappa shape index (κ1) is 7.85. The van der Waals surface area contributed by atoms with Gasteiger partial charge in [-0.15, -0.1) is 60.5 Å². The van der Waals surface area contributed by atoms with Gasteiger partial charge in [0.1, 0.15) is 2.74 Å². The largest absolute Gasteiger partial charge is 0.149 e. The van der Waals surface area contributed by atoms with Crippen LogP contribution in [-0.2, 0) is 0 Å². The molecule has 5 heteroatoms. The van der Waals surface area contributed by atoms with Gasteiger partial charge in [0.15, 0.2) is 0 Å². The Morgan fingerprint density at radius 1 is 1.12 bits per heavy atom. The molecule has 0 aromatic heterocycles. The Morgan fingerprint density at radius 2 is 1.62 bits per heavy atom. The van der Waals surface area contributed by atoms with Gasteiger partial charge in [0.05, 0.1) is 0 Å². The second-order valence-electron chi connectivity index (χ2n) is 1.28. The molecular formula is C3H6S5. The number of hydrogen-bond acceptors (Lipinski definition) is 5. The fourth-order valence-electron chi connectivity index (χ4n) is 0.313. The van der Waals surface area contributed by atoms with E-state index in [1.807, 2.05) is 11.8 Å². The van der Waals surface area contributed by atoms with Crippen LogP contribution in [0.5, 0.6) is 0 Å². The molecule has 0 unspecified atom stereocenters. The fraction of sp³-hybridized carbons (Fsp3) is 1.00. The third-order valence-corrected chi connectivity index (χ3v) is 5.95. The van der Waals surface area contributed by atoms with E-state index in [9.17, 15) is 0 Å². The van der Waals surface area contributed by atoms with E-state index in [0.717, 1.165) is 10.2 Å². The van der Waals surface area contributed by atoms with E-state index in [-0.39, 0.29) is 2.74 Å². The van der Waals surface area contributed by atoms with Crippen LogP contribution in [-0.4, -0.2) is 12.9 Å². The van der Waals surface area contributed by atoms with Crippen LogP contribution < -0.4 is 0 Å². The number of thioether (sulfide) groups is 3. The molecule has 0 aromatic rings. The van der Waals surface area contributed by atoms with Crippen molar-refractivity contribution < 1.29 is 0 Å². The molecule has 0 nitrogen and oxygen atoms in total. The molecule has 0 saturated carbocycles. The van der Waals surface area contributed by atoms with Gasteiger partial charge in [-0.3, -0.25) is 0 Å². The van der Waals surface area contributed by atoms with Crippen molar-refractivity contribution in [3.8, 4) is 0 Å². The fourth-order valence-corrected chi connectivity index (χ4v) is 6.19. The van der Waals surface area contributed by atoms with Crippen molar-refractivity contribution in [2.75, 3.05) is 10.2 Å². The molecule has 1 heterocycles. The highest BCUT2D eigenvalue weighted by Crippen LogP contribution is 2.50. The SMILES string of the molecule is SC1(S)SCSCS1. The Kier molecular flexibility index (Phi) is 3.17. The van der Waals surface area contributed by atoms with Crippen molar-refractivity contribution in [3.05, 3.63) is 0 Å². The van der Waals surface area contributed by atoms with Gasteiger partial charge in [-0.25, -0.2) is 0 Å². The number of rotatable bonds is 0. The first-order chi connectivity index (χ1) is 3.71. The standard InChI is InChI=1S/C3H6S5/c4-3(5)7-1-6-2-8-3/h4-5H,1-2H2. The van der Waals surface area contributed by atoms with Crippen LogP contribution in [0.25, 0.3) is 0 Å². The Bertz CT molecular complexity index is 71.7. The van der Waals surface area contributed by atoms with Crippen LogP contribution in [0.15, 0.2) is 0 Å². The molecule has 8 heavy (non-hydrogen) atoms. The predicted molar refractivity (Wildman–Crippen MR) is 53.2 cm³/mol. The predicted octanol–water partition coefficient (Wildman–Crippen LogP) is 2.59. The molecule has 1 fully saturated rings. The van der Waals surface area contributed by atoms with Crippen LogP contribution >= 0.6 is 60.5 Å². The Morgan fingerprint density at radius 3 is 1.88 bits per heavy atom. The molecule has 0 atom stereocenters. The van der Waals surface area contributed by atoms with E-state index >= 15 is 0 Å². The molecule has 0 radical (unpaired) electrons. The zero-order valence-corrected chi connectivity index (χ0v) is 8.27. The van der Waals surface area contributed by atoms with E-state index < -0.39 is 0 Å². The van der Waals surface area contributed by atoms with Crippen LogP contribution in [0.1, 0.15) is 0 Å². The summed E-state index contributed by atoms with van der Waals surface area (Å²) in [7, 11) is 0. The minimum absolute atomic E-state index is 0.120. The molecule has 0 amide bonds. The lowest BCUT2D eigenvalue weighted by Crippen LogP contribution is -2.05. The first-order valence-electron chi connectivity index (χ1n) is 2.01. The van der Waals surface area contributed by atoms with Crippen LogP contribution in [0.2, 0.25) is 0 Å². The summed E-state index contributed by atoms with van der Waals surface area (Å²) in [4.78, 5) is 0. The van der Waals surface area contributed by atoms with Crippen LogP contribution in [0.3, 0.4) is 0 Å². The Labute approximate surface area is 73.1 Å². The molecule has 0 N–H and O–H groups in total. The van der Waals surface area contributed by atoms with Gasteiger partial charge in [-0.1, -0.05) is 0 Å². The summed E-state index contributed by atoms with van der Waals surface area (Å²) in [6, 6.07) is 0. The summed E-state index contributed by atoms with van der Waals surface area (Å²) in [6.45, 7) is 0. The van der Waals surface area contributed by atoms with E-state index in [1.165, 1.54) is 0 Å². The van der Waals surface area contributed by atoms with Gasteiger partial charge >= 0.3 is 0 Å². The first-order valence-corrected chi connectivity index (χ1v) is 6.03. The summed E-state index contributed by atoms with van der Waals surface area (Å²) >= 11 is 14.1. The van der Waals surface area contributed by atoms with Crippen molar-refractivity contribution in [3.63, 3.8) is 0 Å². The topological polar surface area (TPSA) is 0 Å². The van der Waals surface area contributed by atoms with E-state index in [2.05, 4.69) is 25.3 Å². The minimum atomic E-state index is -0.120. The summed E-state index contributed by atoms with van der Waals surface area (Å²) < 4.78 is -0.120. The van der Waals surface area contributed by atoms with E-state index in [1.54, 1.807) is 23.5 Å². The monoisotopic (exact) mass is 202 g/mol. The van der Waals surface area contributed by atoms with Crippen molar-refractivity contribution in [1.82, 2.24) is 0 Å². The van der Waals surface area contributed by atoms with Crippen molar-refractivity contribution in [2.45, 2.75) is 2.74 Å². The maximum absolute atomic E-state index is 4.29. The molecular weight excluding hydrogens is 196 g/mol. The van der Waals surface area contributed by atoms with Crippen LogP contribution in [0, 0.1) is 0 Å². The normalized spacial score (nSPS) is 27.8. The number of thiol groups is 2. The quantitative estimate of drug-likeness (QED) is 0.458. The van der Waals surface area contributed by atoms with Crippen molar-refractivity contribution in [1.29, 1.82) is 0 Å². The second-order valence-corrected chi connectivity index (χ2v) is 8.54. The van der Waals surface area contributed by atoms with E-state index in [4.69, 9.17) is 0 Å². The van der Waals surface area contributed by atoms with Gasteiger partial charge in [0.25, 0.3) is 0 Å². The summed E-state index contributed by atoms with van der Waals surface area (Å²) in [5, 5.41) is 2.25. The van der Waals surface area contributed by atoms with Gasteiger partial charge in [0, 0.05) is 10.2 Å². The zero-order valence-electron chi connectivity index (χ0n) is 4.03. The smallest absolute Gasteiger partial charge is 0.140 e. The van der Waals surface area contributed by atoms with Gasteiger partial charge in [-0.2, -0.15) is 0 Å². The highest BCUT2D eigenvalue weighted by atomic mass is 32.3. The van der Waals surface area contributed by atoms with Gasteiger partial charge in [-0.05, 0) is 0 Å². The zero-order chi connectivity index (χ0) is 6.04. The molecule has 1 aliphatic rings. The molecule has 1 saturated heterocycles. The third kappa shape index (κ3) is 2.56. The molecule has 1 aliphatic heterocycles. The van der Waals surface area contributed by atoms with Crippen molar-refractivity contribution in [2.24, 2.45) is 0 Å². The Balaban J connectivity index is 2.33.